The second kappa shape index (κ2) is 7.82. The molecule has 2 heterocycles. The third kappa shape index (κ3) is 5.17. The zero-order chi connectivity index (χ0) is 11.8. The van der Waals surface area contributed by atoms with Crippen molar-refractivity contribution in [3.8, 4) is 0 Å². The van der Waals surface area contributed by atoms with Gasteiger partial charge in [0.1, 0.15) is 0 Å². The van der Waals surface area contributed by atoms with Gasteiger partial charge in [-0.2, -0.15) is 0 Å². The first-order valence-corrected chi connectivity index (χ1v) is 7.36. The van der Waals surface area contributed by atoms with E-state index in [0.717, 1.165) is 45.8 Å². The molecule has 1 fully saturated rings. The van der Waals surface area contributed by atoms with Crippen LogP contribution in [0.4, 0.5) is 0 Å². The highest BCUT2D eigenvalue weighted by molar-refractivity contribution is 7.09. The van der Waals surface area contributed by atoms with E-state index in [0.29, 0.717) is 0 Å². The molecule has 96 valence electrons. The summed E-state index contributed by atoms with van der Waals surface area (Å²) in [6, 6.07) is 4.33. The van der Waals surface area contributed by atoms with E-state index in [4.69, 9.17) is 4.74 Å². The lowest BCUT2D eigenvalue weighted by molar-refractivity contribution is 0.141. The molecule has 0 spiro atoms. The number of nitrogens with one attached hydrogen (secondary N) is 1. The Morgan fingerprint density at radius 2 is 2.29 bits per heavy atom. The first-order valence-electron chi connectivity index (χ1n) is 6.48. The summed E-state index contributed by atoms with van der Waals surface area (Å²) in [4.78, 5) is 3.96. The van der Waals surface area contributed by atoms with Crippen molar-refractivity contribution in [3.05, 3.63) is 22.4 Å². The molecule has 0 atom stereocenters. The lowest BCUT2D eigenvalue weighted by atomic mass is 10.3. The number of rotatable bonds is 6. The van der Waals surface area contributed by atoms with E-state index in [1.807, 2.05) is 11.3 Å². The van der Waals surface area contributed by atoms with E-state index in [1.165, 1.54) is 17.8 Å². The molecule has 1 saturated heterocycles. The molecule has 0 aliphatic carbocycles. The number of ether oxygens (including phenoxy) is 1. The summed E-state index contributed by atoms with van der Waals surface area (Å²) in [6.45, 7) is 7.43. The van der Waals surface area contributed by atoms with Gasteiger partial charge in [-0.1, -0.05) is 6.07 Å². The minimum absolute atomic E-state index is 0.898. The molecule has 0 unspecified atom stereocenters. The van der Waals surface area contributed by atoms with Crippen LogP contribution < -0.4 is 5.32 Å². The van der Waals surface area contributed by atoms with Crippen molar-refractivity contribution in [2.75, 3.05) is 45.9 Å². The molecule has 0 radical (unpaired) electrons. The summed E-state index contributed by atoms with van der Waals surface area (Å²) < 4.78 is 5.44. The fourth-order valence-electron chi connectivity index (χ4n) is 2.05. The maximum atomic E-state index is 5.44. The van der Waals surface area contributed by atoms with E-state index < -0.39 is 0 Å². The zero-order valence-electron chi connectivity index (χ0n) is 10.4. The third-order valence-electron chi connectivity index (χ3n) is 3.05. The summed E-state index contributed by atoms with van der Waals surface area (Å²) in [5, 5.41) is 5.66. The predicted molar refractivity (Wildman–Crippen MR) is 72.8 cm³/mol. The Bertz CT molecular complexity index is 282. The minimum Gasteiger partial charge on any atom is -0.380 e. The molecule has 4 heteroatoms. The predicted octanol–water partition coefficient (Wildman–Crippen LogP) is 1.60. The van der Waals surface area contributed by atoms with Gasteiger partial charge in [0.15, 0.2) is 0 Å². The molecule has 1 aromatic heterocycles. The van der Waals surface area contributed by atoms with Crippen LogP contribution in [-0.2, 0) is 11.2 Å². The maximum absolute atomic E-state index is 5.44. The molecule has 2 rings (SSSR count). The van der Waals surface area contributed by atoms with Crippen LogP contribution in [0, 0.1) is 0 Å². The molecule has 17 heavy (non-hydrogen) atoms. The zero-order valence-corrected chi connectivity index (χ0v) is 11.2. The van der Waals surface area contributed by atoms with Crippen molar-refractivity contribution in [3.63, 3.8) is 0 Å². The third-order valence-corrected chi connectivity index (χ3v) is 3.98. The average molecular weight is 254 g/mol. The normalized spacial score (nSPS) is 18.1. The Balaban J connectivity index is 1.50. The Morgan fingerprint density at radius 3 is 3.18 bits per heavy atom. The van der Waals surface area contributed by atoms with Gasteiger partial charge < -0.3 is 10.1 Å². The Morgan fingerprint density at radius 1 is 1.29 bits per heavy atom. The topological polar surface area (TPSA) is 24.5 Å². The summed E-state index contributed by atoms with van der Waals surface area (Å²) in [7, 11) is 0. The van der Waals surface area contributed by atoms with Crippen LogP contribution in [-0.4, -0.2) is 50.8 Å². The molecule has 1 aliphatic rings. The van der Waals surface area contributed by atoms with Crippen molar-refractivity contribution in [1.29, 1.82) is 0 Å². The summed E-state index contributed by atoms with van der Waals surface area (Å²) in [6.07, 6.45) is 2.33. The number of thiophene rings is 1. The monoisotopic (exact) mass is 254 g/mol. The summed E-state index contributed by atoms with van der Waals surface area (Å²) in [5.74, 6) is 0. The van der Waals surface area contributed by atoms with Crippen molar-refractivity contribution in [2.45, 2.75) is 12.8 Å². The molecule has 1 aliphatic heterocycles. The largest absolute Gasteiger partial charge is 0.380 e. The SMILES string of the molecule is c1csc(CCNCCN2CCCOCC2)c1. The van der Waals surface area contributed by atoms with E-state index in [-0.39, 0.29) is 0 Å². The van der Waals surface area contributed by atoms with Gasteiger partial charge in [-0.05, 0) is 24.3 Å². The number of nitrogens with zero attached hydrogens (tertiary/aromatic N) is 1. The molecule has 1 aromatic rings. The van der Waals surface area contributed by atoms with Crippen LogP contribution in [0.25, 0.3) is 0 Å². The first kappa shape index (κ1) is 13.0. The van der Waals surface area contributed by atoms with Gasteiger partial charge in [-0.15, -0.1) is 11.3 Å². The molecule has 0 amide bonds. The van der Waals surface area contributed by atoms with Crippen molar-refractivity contribution in [2.24, 2.45) is 0 Å². The lowest BCUT2D eigenvalue weighted by Gasteiger charge is -2.18. The molecular weight excluding hydrogens is 232 g/mol. The number of hydrogen-bond acceptors (Lipinski definition) is 4. The highest BCUT2D eigenvalue weighted by Crippen LogP contribution is 2.07. The van der Waals surface area contributed by atoms with Crippen LogP contribution >= 0.6 is 11.3 Å². The van der Waals surface area contributed by atoms with Crippen LogP contribution in [0.1, 0.15) is 11.3 Å². The second-order valence-corrected chi connectivity index (χ2v) is 5.42. The molecule has 3 nitrogen and oxygen atoms in total. The van der Waals surface area contributed by atoms with Gasteiger partial charge in [0.25, 0.3) is 0 Å². The van der Waals surface area contributed by atoms with Crippen LogP contribution in [0.2, 0.25) is 0 Å². The van der Waals surface area contributed by atoms with Crippen molar-refractivity contribution in [1.82, 2.24) is 10.2 Å². The molecule has 0 aromatic carbocycles. The average Bonchev–Trinajstić information content (AvgIpc) is 2.72. The Kier molecular flexibility index (Phi) is 5.99. The van der Waals surface area contributed by atoms with Crippen LogP contribution in [0.15, 0.2) is 17.5 Å². The highest BCUT2D eigenvalue weighted by atomic mass is 32.1. The van der Waals surface area contributed by atoms with Crippen LogP contribution in [0.3, 0.4) is 0 Å². The quantitative estimate of drug-likeness (QED) is 0.781. The van der Waals surface area contributed by atoms with E-state index >= 15 is 0 Å². The van der Waals surface area contributed by atoms with Gasteiger partial charge in [0, 0.05) is 44.2 Å². The molecule has 1 N–H and O–H groups in total. The maximum Gasteiger partial charge on any atom is 0.0593 e. The minimum atomic E-state index is 0.898. The number of hydrogen-bond donors (Lipinski definition) is 1. The first-order chi connectivity index (χ1) is 8.45. The molecule has 0 bridgehead atoms. The van der Waals surface area contributed by atoms with Crippen LogP contribution in [0.5, 0.6) is 0 Å². The fraction of sp³-hybridized carbons (Fsp3) is 0.692. The van der Waals surface area contributed by atoms with Gasteiger partial charge >= 0.3 is 0 Å². The van der Waals surface area contributed by atoms with Gasteiger partial charge in [-0.25, -0.2) is 0 Å². The van der Waals surface area contributed by atoms with Gasteiger partial charge in [0.2, 0.25) is 0 Å². The Hall–Kier alpha value is -0.420. The van der Waals surface area contributed by atoms with Crippen molar-refractivity contribution < 1.29 is 4.74 Å². The van der Waals surface area contributed by atoms with Gasteiger partial charge in [0.05, 0.1) is 6.61 Å². The summed E-state index contributed by atoms with van der Waals surface area (Å²) in [5.41, 5.74) is 0. The standard InChI is InChI=1S/C13H22N2OS/c1-3-13(17-12-1)4-5-14-6-8-15-7-2-10-16-11-9-15/h1,3,12,14H,2,4-11H2. The highest BCUT2D eigenvalue weighted by Gasteiger charge is 2.07. The smallest absolute Gasteiger partial charge is 0.0593 e. The molecule has 0 saturated carbocycles. The van der Waals surface area contributed by atoms with E-state index in [9.17, 15) is 0 Å². The van der Waals surface area contributed by atoms with E-state index in [1.54, 1.807) is 0 Å². The van der Waals surface area contributed by atoms with Gasteiger partial charge in [-0.3, -0.25) is 4.90 Å². The Labute approximate surface area is 108 Å². The fourth-order valence-corrected chi connectivity index (χ4v) is 2.76. The summed E-state index contributed by atoms with van der Waals surface area (Å²) >= 11 is 1.84. The van der Waals surface area contributed by atoms with Crippen molar-refractivity contribution >= 4 is 11.3 Å². The lowest BCUT2D eigenvalue weighted by Crippen LogP contribution is -2.34. The second-order valence-electron chi connectivity index (χ2n) is 4.39. The molecular formula is C13H22N2OS. The van der Waals surface area contributed by atoms with E-state index in [2.05, 4.69) is 27.7 Å².